The molecule has 0 radical (unpaired) electrons. The van der Waals surface area contributed by atoms with E-state index in [0.717, 1.165) is 20.8 Å². The van der Waals surface area contributed by atoms with Crippen LogP contribution in [0.5, 0.6) is 0 Å². The Morgan fingerprint density at radius 3 is 2.39 bits per heavy atom. The molecule has 0 aliphatic rings. The fraction of sp³-hybridized carbons (Fsp3) is 0.0909. The summed E-state index contributed by atoms with van der Waals surface area (Å²) in [4.78, 5) is 0.365. The van der Waals surface area contributed by atoms with Gasteiger partial charge in [0, 0.05) is 10.6 Å². The maximum Gasteiger partial charge on any atom is 0.144 e. The Balaban J connectivity index is 2.29. The minimum atomic E-state index is -1.77. The summed E-state index contributed by atoms with van der Waals surface area (Å²) in [5.74, 6) is -1.67. The Morgan fingerprint density at radius 2 is 1.89 bits per heavy atom. The first kappa shape index (κ1) is 13.6. The van der Waals surface area contributed by atoms with Crippen LogP contribution in [0.3, 0.4) is 0 Å². The number of thiophene rings is 1. The minimum Gasteiger partial charge on any atom is -0.399 e. The van der Waals surface area contributed by atoms with Gasteiger partial charge in [-0.15, -0.1) is 11.3 Å². The molecule has 1 atom stereocenters. The predicted octanol–water partition coefficient (Wildman–Crippen LogP) is 3.68. The monoisotopic (exact) mass is 351 g/mol. The molecule has 1 aromatic carbocycles. The largest absolute Gasteiger partial charge is 0.399 e. The Kier molecular flexibility index (Phi) is 4.14. The highest BCUT2D eigenvalue weighted by Crippen LogP contribution is 2.27. The predicted molar refractivity (Wildman–Crippen MR) is 72.9 cm³/mol. The van der Waals surface area contributed by atoms with Crippen LogP contribution in [0.1, 0.15) is 4.88 Å². The van der Waals surface area contributed by atoms with Crippen molar-refractivity contribution in [3.8, 4) is 0 Å². The normalized spacial score (nSPS) is 12.6. The number of benzene rings is 1. The van der Waals surface area contributed by atoms with Crippen LogP contribution in [0.2, 0.25) is 0 Å². The number of nitrogens with two attached hydrogens (primary N) is 1. The molecule has 0 saturated heterocycles. The summed E-state index contributed by atoms with van der Waals surface area (Å²) < 4.78 is 39.9. The zero-order valence-corrected chi connectivity index (χ0v) is 12.2. The molecule has 0 fully saturated rings. The van der Waals surface area contributed by atoms with Crippen molar-refractivity contribution in [1.82, 2.24) is 0 Å². The van der Waals surface area contributed by atoms with Crippen molar-refractivity contribution in [2.75, 3.05) is 5.73 Å². The fourth-order valence-electron chi connectivity index (χ4n) is 1.43. The van der Waals surface area contributed by atoms with Gasteiger partial charge in [0.1, 0.15) is 16.5 Å². The van der Waals surface area contributed by atoms with Gasteiger partial charge in [0.05, 0.1) is 20.3 Å². The molecule has 0 bridgehead atoms. The van der Waals surface area contributed by atoms with Crippen LogP contribution < -0.4 is 5.73 Å². The maximum absolute atomic E-state index is 13.6. The van der Waals surface area contributed by atoms with Gasteiger partial charge in [-0.25, -0.2) is 8.78 Å². The van der Waals surface area contributed by atoms with Gasteiger partial charge in [0.2, 0.25) is 0 Å². The topological polar surface area (TPSA) is 43.1 Å². The minimum absolute atomic E-state index is 0.0235. The van der Waals surface area contributed by atoms with Crippen LogP contribution >= 0.6 is 27.3 Å². The summed E-state index contributed by atoms with van der Waals surface area (Å²) in [5.41, 5.74) is 5.28. The van der Waals surface area contributed by atoms with Crippen molar-refractivity contribution in [2.45, 2.75) is 10.6 Å². The highest BCUT2D eigenvalue weighted by Gasteiger charge is 2.17. The highest BCUT2D eigenvalue weighted by molar-refractivity contribution is 9.11. The number of halogens is 3. The molecule has 1 aromatic heterocycles. The molecule has 0 amide bonds. The molecule has 0 aliphatic carbocycles. The van der Waals surface area contributed by atoms with Crippen LogP contribution in [0.25, 0.3) is 0 Å². The Hall–Kier alpha value is -0.790. The fourth-order valence-corrected chi connectivity index (χ4v) is 4.31. The third-order valence-corrected chi connectivity index (χ3v) is 5.38. The van der Waals surface area contributed by atoms with Gasteiger partial charge in [-0.05, 0) is 40.2 Å². The smallest absolute Gasteiger partial charge is 0.144 e. The zero-order valence-electron chi connectivity index (χ0n) is 8.95. The molecular weight excluding hydrogens is 344 g/mol. The molecule has 2 N–H and O–H groups in total. The first-order valence-corrected chi connectivity index (χ1v) is 7.77. The van der Waals surface area contributed by atoms with Crippen molar-refractivity contribution in [1.29, 1.82) is 0 Å². The van der Waals surface area contributed by atoms with E-state index >= 15 is 0 Å². The average Bonchev–Trinajstić information content (AvgIpc) is 2.62. The van der Waals surface area contributed by atoms with E-state index in [9.17, 15) is 13.0 Å². The van der Waals surface area contributed by atoms with Crippen LogP contribution in [-0.2, 0) is 16.6 Å². The molecule has 2 rings (SSSR count). The standard InChI is InChI=1S/C11H8BrF2NOS2/c12-10-2-1-7(17-10)5-18(16)11-8(13)3-6(15)4-9(11)14/h1-4H,5,15H2. The molecule has 7 heteroatoms. The van der Waals surface area contributed by atoms with Crippen LogP contribution in [-0.4, -0.2) is 4.21 Å². The second-order valence-electron chi connectivity index (χ2n) is 3.51. The van der Waals surface area contributed by atoms with Crippen molar-refractivity contribution < 1.29 is 13.0 Å². The van der Waals surface area contributed by atoms with Gasteiger partial charge in [0.25, 0.3) is 0 Å². The van der Waals surface area contributed by atoms with E-state index in [0.29, 0.717) is 0 Å². The molecule has 18 heavy (non-hydrogen) atoms. The van der Waals surface area contributed by atoms with Gasteiger partial charge < -0.3 is 5.73 Å². The number of rotatable bonds is 3. The number of anilines is 1. The first-order valence-electron chi connectivity index (χ1n) is 4.84. The molecule has 0 saturated carbocycles. The molecule has 0 aliphatic heterocycles. The lowest BCUT2D eigenvalue weighted by Crippen LogP contribution is -2.03. The number of hydrogen-bond donors (Lipinski definition) is 1. The average molecular weight is 352 g/mol. The van der Waals surface area contributed by atoms with Gasteiger partial charge in [0.15, 0.2) is 0 Å². The third kappa shape index (κ3) is 2.96. The molecule has 96 valence electrons. The van der Waals surface area contributed by atoms with Gasteiger partial charge in [-0.2, -0.15) is 0 Å². The van der Waals surface area contributed by atoms with Crippen LogP contribution in [0.4, 0.5) is 14.5 Å². The Labute approximate surface area is 117 Å². The molecule has 1 heterocycles. The lowest BCUT2D eigenvalue weighted by Gasteiger charge is -2.05. The molecule has 1 unspecified atom stereocenters. The van der Waals surface area contributed by atoms with E-state index in [4.69, 9.17) is 5.73 Å². The molecule has 2 aromatic rings. The Morgan fingerprint density at radius 1 is 1.28 bits per heavy atom. The quantitative estimate of drug-likeness (QED) is 0.857. The van der Waals surface area contributed by atoms with Crippen LogP contribution in [0, 0.1) is 11.6 Å². The van der Waals surface area contributed by atoms with E-state index in [2.05, 4.69) is 15.9 Å². The summed E-state index contributed by atoms with van der Waals surface area (Å²) in [6.07, 6.45) is 0. The SMILES string of the molecule is Nc1cc(F)c(S(=O)Cc2ccc(Br)s2)c(F)c1. The first-order chi connectivity index (χ1) is 8.47. The van der Waals surface area contributed by atoms with E-state index in [-0.39, 0.29) is 11.4 Å². The van der Waals surface area contributed by atoms with E-state index in [1.54, 1.807) is 12.1 Å². The van der Waals surface area contributed by atoms with E-state index < -0.39 is 27.3 Å². The van der Waals surface area contributed by atoms with E-state index in [1.807, 2.05) is 0 Å². The summed E-state index contributed by atoms with van der Waals surface area (Å²) in [7, 11) is -1.77. The summed E-state index contributed by atoms with van der Waals surface area (Å²) >= 11 is 4.65. The summed E-state index contributed by atoms with van der Waals surface area (Å²) in [5, 5.41) is 0. The second kappa shape index (κ2) is 5.46. The third-order valence-electron chi connectivity index (χ3n) is 2.15. The van der Waals surface area contributed by atoms with Crippen molar-refractivity contribution in [3.63, 3.8) is 0 Å². The van der Waals surface area contributed by atoms with Gasteiger partial charge in [-0.1, -0.05) is 0 Å². The molecule has 2 nitrogen and oxygen atoms in total. The van der Waals surface area contributed by atoms with Gasteiger partial charge >= 0.3 is 0 Å². The summed E-state index contributed by atoms with van der Waals surface area (Å²) in [6.45, 7) is 0. The zero-order chi connectivity index (χ0) is 13.3. The van der Waals surface area contributed by atoms with Crippen molar-refractivity contribution in [3.05, 3.63) is 44.6 Å². The lowest BCUT2D eigenvalue weighted by molar-refractivity contribution is 0.535. The van der Waals surface area contributed by atoms with Gasteiger partial charge in [-0.3, -0.25) is 4.21 Å². The Bertz CT molecular complexity index is 592. The van der Waals surface area contributed by atoms with Crippen molar-refractivity contribution >= 4 is 43.8 Å². The van der Waals surface area contributed by atoms with Crippen molar-refractivity contribution in [2.24, 2.45) is 0 Å². The lowest BCUT2D eigenvalue weighted by atomic mass is 10.3. The number of nitrogen functional groups attached to an aromatic ring is 1. The number of hydrogen-bond acceptors (Lipinski definition) is 3. The highest BCUT2D eigenvalue weighted by atomic mass is 79.9. The van der Waals surface area contributed by atoms with Crippen LogP contribution in [0.15, 0.2) is 32.9 Å². The summed E-state index contributed by atoms with van der Waals surface area (Å²) in [6, 6.07) is 5.51. The van der Waals surface area contributed by atoms with E-state index in [1.165, 1.54) is 11.3 Å². The molecular formula is C11H8BrF2NOS2. The molecule has 0 spiro atoms. The maximum atomic E-state index is 13.6. The second-order valence-corrected chi connectivity index (χ2v) is 7.44.